The Balaban J connectivity index is 1.88. The Hall–Kier alpha value is -0.120. The molecule has 1 N–H and O–H groups in total. The average Bonchev–Trinajstić information content (AvgIpc) is 3.28. The summed E-state index contributed by atoms with van der Waals surface area (Å²) in [7, 11) is 0. The number of nitrogens with zero attached hydrogens (tertiary/aromatic N) is 1. The average molecular weight is 268 g/mol. The van der Waals surface area contributed by atoms with Crippen molar-refractivity contribution < 1.29 is 4.74 Å². The lowest BCUT2D eigenvalue weighted by molar-refractivity contribution is 0.0505. The molecule has 3 nitrogen and oxygen atoms in total. The normalized spacial score (nSPS) is 27.6. The summed E-state index contributed by atoms with van der Waals surface area (Å²) in [5.41, 5.74) is 0.358. The first-order valence-corrected chi connectivity index (χ1v) is 8.31. The second-order valence-electron chi connectivity index (χ2n) is 6.29. The summed E-state index contributed by atoms with van der Waals surface area (Å²) in [6.45, 7) is 12.1. The molecule has 0 aromatic heterocycles. The topological polar surface area (TPSA) is 24.5 Å². The van der Waals surface area contributed by atoms with E-state index in [-0.39, 0.29) is 0 Å². The smallest absolute Gasteiger partial charge is 0.0478 e. The van der Waals surface area contributed by atoms with Gasteiger partial charge in [0.05, 0.1) is 0 Å². The van der Waals surface area contributed by atoms with E-state index in [4.69, 9.17) is 4.74 Å². The van der Waals surface area contributed by atoms with E-state index < -0.39 is 0 Å². The molecule has 0 amide bonds. The summed E-state index contributed by atoms with van der Waals surface area (Å²) in [4.78, 5) is 2.76. The van der Waals surface area contributed by atoms with Gasteiger partial charge in [0.1, 0.15) is 0 Å². The second kappa shape index (κ2) is 7.05. The SMILES string of the molecule is CCOCCCN1CC(CC)(CC)NCC1C1CC1. The van der Waals surface area contributed by atoms with Gasteiger partial charge in [-0.15, -0.1) is 0 Å². The van der Waals surface area contributed by atoms with Gasteiger partial charge in [0.2, 0.25) is 0 Å². The summed E-state index contributed by atoms with van der Waals surface area (Å²) in [6.07, 6.45) is 6.55. The van der Waals surface area contributed by atoms with Crippen LogP contribution in [-0.2, 0) is 4.74 Å². The first-order chi connectivity index (χ1) is 9.24. The number of ether oxygens (including phenoxy) is 1. The van der Waals surface area contributed by atoms with E-state index in [2.05, 4.69) is 31.0 Å². The molecule has 1 unspecified atom stereocenters. The summed E-state index contributed by atoms with van der Waals surface area (Å²) in [6, 6.07) is 0.785. The Morgan fingerprint density at radius 1 is 1.21 bits per heavy atom. The predicted molar refractivity (Wildman–Crippen MR) is 80.5 cm³/mol. The lowest BCUT2D eigenvalue weighted by atomic mass is 9.87. The molecule has 3 heteroatoms. The van der Waals surface area contributed by atoms with E-state index in [9.17, 15) is 0 Å². The Morgan fingerprint density at radius 2 is 1.95 bits per heavy atom. The van der Waals surface area contributed by atoms with Gasteiger partial charge in [0.25, 0.3) is 0 Å². The molecule has 112 valence electrons. The summed E-state index contributed by atoms with van der Waals surface area (Å²) in [5, 5.41) is 3.86. The van der Waals surface area contributed by atoms with Crippen LogP contribution >= 0.6 is 0 Å². The minimum atomic E-state index is 0.358. The molecule has 19 heavy (non-hydrogen) atoms. The van der Waals surface area contributed by atoms with Crippen molar-refractivity contribution in [2.24, 2.45) is 5.92 Å². The molecule has 0 bridgehead atoms. The molecule has 0 spiro atoms. The Bertz CT molecular complexity index is 261. The highest BCUT2D eigenvalue weighted by Gasteiger charge is 2.42. The first-order valence-electron chi connectivity index (χ1n) is 8.31. The highest BCUT2D eigenvalue weighted by Crippen LogP contribution is 2.38. The van der Waals surface area contributed by atoms with Crippen molar-refractivity contribution >= 4 is 0 Å². The molecular weight excluding hydrogens is 236 g/mol. The van der Waals surface area contributed by atoms with Crippen LogP contribution in [0, 0.1) is 5.92 Å². The van der Waals surface area contributed by atoms with E-state index in [0.29, 0.717) is 5.54 Å². The Morgan fingerprint density at radius 3 is 2.53 bits per heavy atom. The van der Waals surface area contributed by atoms with Gasteiger partial charge in [-0.1, -0.05) is 13.8 Å². The predicted octanol–water partition coefficient (Wildman–Crippen LogP) is 2.66. The molecule has 0 aromatic carbocycles. The zero-order valence-electron chi connectivity index (χ0n) is 13.1. The summed E-state index contributed by atoms with van der Waals surface area (Å²) in [5.74, 6) is 0.964. The van der Waals surface area contributed by atoms with Crippen LogP contribution in [0.25, 0.3) is 0 Å². The van der Waals surface area contributed by atoms with Crippen LogP contribution < -0.4 is 5.32 Å². The van der Waals surface area contributed by atoms with Crippen molar-refractivity contribution in [2.75, 3.05) is 32.8 Å². The van der Waals surface area contributed by atoms with Crippen LogP contribution in [0.4, 0.5) is 0 Å². The van der Waals surface area contributed by atoms with E-state index in [0.717, 1.165) is 25.2 Å². The van der Waals surface area contributed by atoms with E-state index in [1.807, 2.05) is 0 Å². The lowest BCUT2D eigenvalue weighted by Gasteiger charge is -2.48. The number of rotatable bonds is 8. The zero-order chi connectivity index (χ0) is 13.7. The standard InChI is InChI=1S/C16H32N2O/c1-4-16(5-2)13-18(10-7-11-19-6-3)15(12-17-16)14-8-9-14/h14-15,17H,4-13H2,1-3H3. The van der Waals surface area contributed by atoms with Crippen molar-refractivity contribution in [1.82, 2.24) is 10.2 Å². The maximum absolute atomic E-state index is 5.50. The summed E-state index contributed by atoms with van der Waals surface area (Å²) >= 11 is 0. The largest absolute Gasteiger partial charge is 0.382 e. The molecule has 1 heterocycles. The van der Waals surface area contributed by atoms with E-state index >= 15 is 0 Å². The monoisotopic (exact) mass is 268 g/mol. The number of hydrogen-bond acceptors (Lipinski definition) is 3. The van der Waals surface area contributed by atoms with Gasteiger partial charge in [-0.05, 0) is 44.9 Å². The molecule has 1 aliphatic carbocycles. The second-order valence-corrected chi connectivity index (χ2v) is 6.29. The highest BCUT2D eigenvalue weighted by atomic mass is 16.5. The van der Waals surface area contributed by atoms with Gasteiger partial charge in [-0.3, -0.25) is 4.90 Å². The Kier molecular flexibility index (Phi) is 5.67. The molecule has 1 saturated carbocycles. The maximum Gasteiger partial charge on any atom is 0.0478 e. The van der Waals surface area contributed by atoms with Crippen LogP contribution in [0.5, 0.6) is 0 Å². The Labute approximate surface area is 119 Å². The van der Waals surface area contributed by atoms with Crippen molar-refractivity contribution in [3.8, 4) is 0 Å². The minimum Gasteiger partial charge on any atom is -0.382 e. The molecular formula is C16H32N2O. The van der Waals surface area contributed by atoms with Crippen LogP contribution in [0.15, 0.2) is 0 Å². The number of hydrogen-bond donors (Lipinski definition) is 1. The number of nitrogens with one attached hydrogen (secondary N) is 1. The highest BCUT2D eigenvalue weighted by molar-refractivity contribution is 5.01. The van der Waals surface area contributed by atoms with Crippen molar-refractivity contribution in [3.05, 3.63) is 0 Å². The molecule has 2 fully saturated rings. The fraction of sp³-hybridized carbons (Fsp3) is 1.00. The van der Waals surface area contributed by atoms with Gasteiger partial charge in [-0.25, -0.2) is 0 Å². The van der Waals surface area contributed by atoms with E-state index in [1.54, 1.807) is 0 Å². The van der Waals surface area contributed by atoms with Crippen molar-refractivity contribution in [3.63, 3.8) is 0 Å². The van der Waals surface area contributed by atoms with Crippen LogP contribution in [0.3, 0.4) is 0 Å². The third-order valence-electron chi connectivity index (χ3n) is 5.12. The van der Waals surface area contributed by atoms with Gasteiger partial charge in [-0.2, -0.15) is 0 Å². The fourth-order valence-electron chi connectivity index (χ4n) is 3.44. The summed E-state index contributed by atoms with van der Waals surface area (Å²) < 4.78 is 5.50. The molecule has 1 aliphatic heterocycles. The molecule has 2 aliphatic rings. The molecule has 0 radical (unpaired) electrons. The van der Waals surface area contributed by atoms with Gasteiger partial charge >= 0.3 is 0 Å². The fourth-order valence-corrected chi connectivity index (χ4v) is 3.44. The van der Waals surface area contributed by atoms with Gasteiger partial charge < -0.3 is 10.1 Å². The van der Waals surface area contributed by atoms with Gasteiger partial charge in [0.15, 0.2) is 0 Å². The zero-order valence-corrected chi connectivity index (χ0v) is 13.1. The molecule has 1 atom stereocenters. The van der Waals surface area contributed by atoms with Crippen molar-refractivity contribution in [2.45, 2.75) is 64.5 Å². The van der Waals surface area contributed by atoms with Gasteiger partial charge in [0, 0.05) is 44.4 Å². The van der Waals surface area contributed by atoms with Crippen LogP contribution in [0.2, 0.25) is 0 Å². The van der Waals surface area contributed by atoms with Crippen LogP contribution in [0.1, 0.15) is 52.9 Å². The molecule has 0 aromatic rings. The quantitative estimate of drug-likeness (QED) is 0.685. The number of piperazine rings is 1. The molecule has 2 rings (SSSR count). The molecule has 1 saturated heterocycles. The maximum atomic E-state index is 5.50. The van der Waals surface area contributed by atoms with Crippen LogP contribution in [-0.4, -0.2) is 49.3 Å². The van der Waals surface area contributed by atoms with Crippen molar-refractivity contribution in [1.29, 1.82) is 0 Å². The minimum absolute atomic E-state index is 0.358. The lowest BCUT2D eigenvalue weighted by Crippen LogP contribution is -2.64. The first kappa shape index (κ1) is 15.3. The third kappa shape index (κ3) is 3.93. The van der Waals surface area contributed by atoms with E-state index in [1.165, 1.54) is 51.7 Å². The third-order valence-corrected chi connectivity index (χ3v) is 5.12.